The van der Waals surface area contributed by atoms with Gasteiger partial charge in [0.05, 0.1) is 17.4 Å². The highest BCUT2D eigenvalue weighted by Crippen LogP contribution is 2.29. The predicted octanol–water partition coefficient (Wildman–Crippen LogP) is 1.72. The van der Waals surface area contributed by atoms with Crippen LogP contribution in [0.4, 0.5) is 6.01 Å². The molecular weight excluding hydrogens is 266 g/mol. The molecule has 19 heavy (non-hydrogen) atoms. The first kappa shape index (κ1) is 12.9. The zero-order valence-corrected chi connectivity index (χ0v) is 11.7. The van der Waals surface area contributed by atoms with Crippen molar-refractivity contribution in [1.82, 2.24) is 10.2 Å². The second kappa shape index (κ2) is 5.11. The van der Waals surface area contributed by atoms with Gasteiger partial charge in [-0.3, -0.25) is 0 Å². The fourth-order valence-electron chi connectivity index (χ4n) is 2.87. The molecule has 1 aliphatic carbocycles. The van der Waals surface area contributed by atoms with E-state index in [4.69, 9.17) is 4.42 Å². The number of nitrogens with one attached hydrogen (secondary N) is 1. The molecule has 7 heteroatoms. The molecule has 0 amide bonds. The first-order valence-electron chi connectivity index (χ1n) is 6.93. The molecule has 1 saturated heterocycles. The molecule has 0 radical (unpaired) electrons. The average Bonchev–Trinajstić information content (AvgIpc) is 2.97. The SMILES string of the molecule is O=S1(=O)CCC(c2nnc(NC3CCCCC3)o2)C1. The first-order valence-corrected chi connectivity index (χ1v) is 8.75. The van der Waals surface area contributed by atoms with E-state index in [0.29, 0.717) is 24.4 Å². The molecule has 1 atom stereocenters. The lowest BCUT2D eigenvalue weighted by molar-refractivity contribution is 0.432. The van der Waals surface area contributed by atoms with E-state index in [1.54, 1.807) is 0 Å². The number of anilines is 1. The molecule has 0 bridgehead atoms. The van der Waals surface area contributed by atoms with Crippen molar-refractivity contribution in [1.29, 1.82) is 0 Å². The molecule has 2 aliphatic rings. The van der Waals surface area contributed by atoms with Crippen molar-refractivity contribution in [2.45, 2.75) is 50.5 Å². The summed E-state index contributed by atoms with van der Waals surface area (Å²) in [5.41, 5.74) is 0. The van der Waals surface area contributed by atoms with Gasteiger partial charge in [-0.15, -0.1) is 5.10 Å². The van der Waals surface area contributed by atoms with Gasteiger partial charge >= 0.3 is 6.01 Å². The van der Waals surface area contributed by atoms with Crippen LogP contribution in [0.1, 0.15) is 50.3 Å². The molecule has 1 saturated carbocycles. The van der Waals surface area contributed by atoms with Crippen LogP contribution in [0.2, 0.25) is 0 Å². The number of nitrogens with zero attached hydrogens (tertiary/aromatic N) is 2. The third kappa shape index (κ3) is 3.08. The minimum absolute atomic E-state index is 0.126. The van der Waals surface area contributed by atoms with Crippen LogP contribution in [0.3, 0.4) is 0 Å². The Morgan fingerprint density at radius 2 is 1.89 bits per heavy atom. The van der Waals surface area contributed by atoms with Gasteiger partial charge in [0.2, 0.25) is 5.89 Å². The van der Waals surface area contributed by atoms with Crippen molar-refractivity contribution in [3.63, 3.8) is 0 Å². The summed E-state index contributed by atoms with van der Waals surface area (Å²) in [6.45, 7) is 0. The highest BCUT2D eigenvalue weighted by atomic mass is 32.2. The summed E-state index contributed by atoms with van der Waals surface area (Å²) in [4.78, 5) is 0. The van der Waals surface area contributed by atoms with Crippen LogP contribution >= 0.6 is 0 Å². The van der Waals surface area contributed by atoms with Crippen LogP contribution in [0.15, 0.2) is 4.42 Å². The lowest BCUT2D eigenvalue weighted by Crippen LogP contribution is -2.22. The lowest BCUT2D eigenvalue weighted by atomic mass is 9.96. The lowest BCUT2D eigenvalue weighted by Gasteiger charge is -2.21. The molecule has 1 aromatic rings. The van der Waals surface area contributed by atoms with Crippen LogP contribution in [0.5, 0.6) is 0 Å². The summed E-state index contributed by atoms with van der Waals surface area (Å²) in [7, 11) is -2.91. The molecule has 0 spiro atoms. The van der Waals surface area contributed by atoms with Gasteiger partial charge in [-0.25, -0.2) is 8.42 Å². The molecule has 1 aliphatic heterocycles. The van der Waals surface area contributed by atoms with Crippen molar-refractivity contribution in [3.8, 4) is 0 Å². The Kier molecular flexibility index (Phi) is 3.47. The van der Waals surface area contributed by atoms with Crippen LogP contribution in [0.25, 0.3) is 0 Å². The summed E-state index contributed by atoms with van der Waals surface area (Å²) in [6, 6.07) is 0.848. The normalized spacial score (nSPS) is 27.5. The van der Waals surface area contributed by atoms with Crippen molar-refractivity contribution in [2.75, 3.05) is 16.8 Å². The Morgan fingerprint density at radius 3 is 2.58 bits per heavy atom. The Balaban J connectivity index is 1.63. The van der Waals surface area contributed by atoms with E-state index in [9.17, 15) is 8.42 Å². The summed E-state index contributed by atoms with van der Waals surface area (Å²) in [6.07, 6.45) is 6.63. The number of rotatable bonds is 3. The topological polar surface area (TPSA) is 85.1 Å². The number of hydrogen-bond donors (Lipinski definition) is 1. The summed E-state index contributed by atoms with van der Waals surface area (Å²) >= 11 is 0. The standard InChI is InChI=1S/C12H19N3O3S/c16-19(17)7-6-9(8-19)11-14-15-12(18-11)13-10-4-2-1-3-5-10/h9-10H,1-8H2,(H,13,15). The fourth-order valence-corrected chi connectivity index (χ4v) is 4.60. The second-order valence-corrected chi connectivity index (χ2v) is 7.75. The van der Waals surface area contributed by atoms with Crippen molar-refractivity contribution in [2.24, 2.45) is 0 Å². The minimum atomic E-state index is -2.91. The van der Waals surface area contributed by atoms with Gasteiger partial charge in [0.15, 0.2) is 9.84 Å². The molecule has 1 aromatic heterocycles. The van der Waals surface area contributed by atoms with Crippen LogP contribution in [-0.4, -0.2) is 36.2 Å². The quantitative estimate of drug-likeness (QED) is 0.910. The summed E-state index contributed by atoms with van der Waals surface area (Å²) < 4.78 is 28.4. The molecular formula is C12H19N3O3S. The molecule has 1 N–H and O–H groups in total. The van der Waals surface area contributed by atoms with Gasteiger partial charge in [-0.1, -0.05) is 24.4 Å². The fraction of sp³-hybridized carbons (Fsp3) is 0.833. The van der Waals surface area contributed by atoms with Crippen LogP contribution < -0.4 is 5.32 Å². The van der Waals surface area contributed by atoms with Gasteiger partial charge < -0.3 is 9.73 Å². The van der Waals surface area contributed by atoms with Crippen molar-refractivity contribution < 1.29 is 12.8 Å². The van der Waals surface area contributed by atoms with Gasteiger partial charge in [0.25, 0.3) is 0 Å². The largest absolute Gasteiger partial charge is 0.408 e. The van der Waals surface area contributed by atoms with Gasteiger partial charge in [0, 0.05) is 6.04 Å². The van der Waals surface area contributed by atoms with E-state index in [1.807, 2.05) is 0 Å². The average molecular weight is 285 g/mol. The maximum atomic E-state index is 11.4. The van der Waals surface area contributed by atoms with Crippen LogP contribution in [0, 0.1) is 0 Å². The first-order chi connectivity index (χ1) is 9.12. The Bertz CT molecular complexity index is 534. The van der Waals surface area contributed by atoms with E-state index in [1.165, 1.54) is 19.3 Å². The van der Waals surface area contributed by atoms with E-state index >= 15 is 0 Å². The Hall–Kier alpha value is -1.11. The minimum Gasteiger partial charge on any atom is -0.408 e. The summed E-state index contributed by atoms with van der Waals surface area (Å²) in [5.74, 6) is 0.697. The zero-order valence-electron chi connectivity index (χ0n) is 10.8. The maximum absolute atomic E-state index is 11.4. The zero-order chi connectivity index (χ0) is 13.3. The monoisotopic (exact) mass is 285 g/mol. The van der Waals surface area contributed by atoms with Crippen molar-refractivity contribution >= 4 is 15.9 Å². The van der Waals surface area contributed by atoms with E-state index < -0.39 is 9.84 Å². The van der Waals surface area contributed by atoms with Gasteiger partial charge in [-0.2, -0.15) is 0 Å². The van der Waals surface area contributed by atoms with E-state index in [2.05, 4.69) is 15.5 Å². The maximum Gasteiger partial charge on any atom is 0.315 e. The molecule has 6 nitrogen and oxygen atoms in total. The molecule has 1 unspecified atom stereocenters. The molecule has 3 rings (SSSR count). The van der Waals surface area contributed by atoms with Crippen LogP contribution in [-0.2, 0) is 9.84 Å². The Morgan fingerprint density at radius 1 is 1.11 bits per heavy atom. The third-order valence-electron chi connectivity index (χ3n) is 3.96. The highest BCUT2D eigenvalue weighted by Gasteiger charge is 2.32. The van der Waals surface area contributed by atoms with Crippen molar-refractivity contribution in [3.05, 3.63) is 5.89 Å². The predicted molar refractivity (Wildman–Crippen MR) is 70.8 cm³/mol. The number of hydrogen-bond acceptors (Lipinski definition) is 6. The molecule has 2 fully saturated rings. The smallest absolute Gasteiger partial charge is 0.315 e. The number of sulfone groups is 1. The van der Waals surface area contributed by atoms with E-state index in [0.717, 1.165) is 12.8 Å². The summed E-state index contributed by atoms with van der Waals surface area (Å²) in [5, 5.41) is 11.2. The number of aromatic nitrogens is 2. The Labute approximate surface area is 112 Å². The molecule has 106 valence electrons. The van der Waals surface area contributed by atoms with Gasteiger partial charge in [-0.05, 0) is 19.3 Å². The third-order valence-corrected chi connectivity index (χ3v) is 5.72. The highest BCUT2D eigenvalue weighted by molar-refractivity contribution is 7.91. The van der Waals surface area contributed by atoms with Gasteiger partial charge in [0.1, 0.15) is 0 Å². The molecule has 0 aromatic carbocycles. The molecule has 2 heterocycles. The second-order valence-electron chi connectivity index (χ2n) is 5.52. The van der Waals surface area contributed by atoms with E-state index in [-0.39, 0.29) is 17.4 Å².